The number of hydrogen-bond acceptors (Lipinski definition) is 6. The Labute approximate surface area is 104 Å². The second-order valence-electron chi connectivity index (χ2n) is 3.66. The molecule has 0 unspecified atom stereocenters. The van der Waals surface area contributed by atoms with Crippen LogP contribution in [0.3, 0.4) is 0 Å². The van der Waals surface area contributed by atoms with E-state index in [2.05, 4.69) is 9.47 Å². The molecule has 0 fully saturated rings. The fourth-order valence-electron chi connectivity index (χ4n) is 1.42. The van der Waals surface area contributed by atoms with Crippen molar-refractivity contribution in [2.75, 3.05) is 14.2 Å². The van der Waals surface area contributed by atoms with Crippen LogP contribution in [0.4, 0.5) is 0 Å². The Hall–Kier alpha value is -2.11. The van der Waals surface area contributed by atoms with E-state index in [9.17, 15) is 14.4 Å². The number of ether oxygens (including phenoxy) is 3. The van der Waals surface area contributed by atoms with Crippen LogP contribution in [-0.4, -0.2) is 31.9 Å². The van der Waals surface area contributed by atoms with Gasteiger partial charge in [-0.1, -0.05) is 0 Å². The molecular weight excluding hydrogens is 240 g/mol. The van der Waals surface area contributed by atoms with Crippen molar-refractivity contribution in [1.29, 1.82) is 0 Å². The average Bonchev–Trinajstić information content (AvgIpc) is 2.68. The zero-order valence-corrected chi connectivity index (χ0v) is 10.4. The van der Waals surface area contributed by atoms with Gasteiger partial charge >= 0.3 is 11.9 Å². The van der Waals surface area contributed by atoms with Gasteiger partial charge in [0.05, 0.1) is 20.3 Å². The predicted molar refractivity (Wildman–Crippen MR) is 60.1 cm³/mol. The van der Waals surface area contributed by atoms with Crippen LogP contribution >= 0.6 is 0 Å². The predicted octanol–water partition coefficient (Wildman–Crippen LogP) is 0.870. The second-order valence-corrected chi connectivity index (χ2v) is 3.66. The van der Waals surface area contributed by atoms with Gasteiger partial charge in [-0.3, -0.25) is 4.79 Å². The number of hydrogen-bond donors (Lipinski definition) is 0. The van der Waals surface area contributed by atoms with Crippen molar-refractivity contribution < 1.29 is 28.6 Å². The molecule has 0 aliphatic heterocycles. The summed E-state index contributed by atoms with van der Waals surface area (Å²) >= 11 is 0. The topological polar surface area (TPSA) is 78.9 Å². The Kier molecular flexibility index (Phi) is 4.65. The first-order chi connectivity index (χ1) is 8.49. The molecule has 0 saturated heterocycles. The highest BCUT2D eigenvalue weighted by atomic mass is 16.6. The highest BCUT2D eigenvalue weighted by Gasteiger charge is 2.26. The number of methoxy groups -OCH3 is 2. The van der Waals surface area contributed by atoms with Crippen molar-refractivity contribution in [3.63, 3.8) is 0 Å². The van der Waals surface area contributed by atoms with E-state index < -0.39 is 11.9 Å². The summed E-state index contributed by atoms with van der Waals surface area (Å²) < 4.78 is 14.0. The van der Waals surface area contributed by atoms with E-state index in [0.717, 1.165) is 18.8 Å². The highest BCUT2D eigenvalue weighted by Crippen LogP contribution is 2.25. The molecule has 0 N–H and O–H groups in total. The van der Waals surface area contributed by atoms with Crippen LogP contribution in [0.25, 0.3) is 0 Å². The Balaban J connectivity index is 2.96. The summed E-state index contributed by atoms with van der Waals surface area (Å²) in [6.45, 7) is 1.73. The first kappa shape index (κ1) is 14.0. The molecule has 0 aromatic heterocycles. The summed E-state index contributed by atoms with van der Waals surface area (Å²) in [7, 11) is 2.31. The zero-order chi connectivity index (χ0) is 13.7. The van der Waals surface area contributed by atoms with Gasteiger partial charge in [-0.2, -0.15) is 0 Å². The van der Waals surface area contributed by atoms with E-state index in [-0.39, 0.29) is 17.3 Å². The van der Waals surface area contributed by atoms with Crippen molar-refractivity contribution >= 4 is 17.7 Å². The molecule has 6 heteroatoms. The van der Waals surface area contributed by atoms with E-state index in [1.54, 1.807) is 6.92 Å². The largest absolute Gasteiger partial charge is 0.466 e. The Morgan fingerprint density at radius 1 is 1.17 bits per heavy atom. The standard InChI is InChI=1S/C12H14O6/c1-7-4-5-8(13)11(7)18-9(12(15)17-3)6-10(14)16-2/h6H,4-5H2,1-3H3/b9-6-. The lowest BCUT2D eigenvalue weighted by Crippen LogP contribution is -2.13. The van der Waals surface area contributed by atoms with Crippen molar-refractivity contribution in [3.05, 3.63) is 23.2 Å². The van der Waals surface area contributed by atoms with Crippen LogP contribution < -0.4 is 0 Å². The van der Waals surface area contributed by atoms with Crippen molar-refractivity contribution in [1.82, 2.24) is 0 Å². The normalized spacial score (nSPS) is 15.7. The minimum atomic E-state index is -0.847. The summed E-state index contributed by atoms with van der Waals surface area (Å²) in [5.41, 5.74) is 0.736. The lowest BCUT2D eigenvalue weighted by atomic mass is 10.3. The van der Waals surface area contributed by atoms with Crippen LogP contribution in [0, 0.1) is 0 Å². The number of Topliss-reactive ketones (excluding diaryl/α,β-unsaturated/α-hetero) is 1. The van der Waals surface area contributed by atoms with Gasteiger partial charge in [0.1, 0.15) is 0 Å². The molecule has 1 aliphatic rings. The van der Waals surface area contributed by atoms with E-state index >= 15 is 0 Å². The van der Waals surface area contributed by atoms with E-state index in [1.165, 1.54) is 7.11 Å². The third-order valence-corrected chi connectivity index (χ3v) is 2.42. The highest BCUT2D eigenvalue weighted by molar-refractivity contribution is 5.99. The first-order valence-electron chi connectivity index (χ1n) is 5.28. The fraction of sp³-hybridized carbons (Fsp3) is 0.417. The molecule has 18 heavy (non-hydrogen) atoms. The SMILES string of the molecule is COC(=O)/C=C(\OC1=C(C)CCC1=O)C(=O)OC. The minimum absolute atomic E-state index is 0.0931. The van der Waals surface area contributed by atoms with Gasteiger partial charge in [0.25, 0.3) is 0 Å². The molecule has 0 heterocycles. The van der Waals surface area contributed by atoms with Gasteiger partial charge in [-0.05, 0) is 18.9 Å². The summed E-state index contributed by atoms with van der Waals surface area (Å²) in [5, 5.41) is 0. The maximum Gasteiger partial charge on any atom is 0.374 e. The summed E-state index contributed by atoms with van der Waals surface area (Å²) in [6, 6.07) is 0. The fourth-order valence-corrected chi connectivity index (χ4v) is 1.42. The summed E-state index contributed by atoms with van der Waals surface area (Å²) in [6.07, 6.45) is 1.77. The molecule has 0 atom stereocenters. The van der Waals surface area contributed by atoms with Crippen molar-refractivity contribution in [2.45, 2.75) is 19.8 Å². The van der Waals surface area contributed by atoms with Crippen molar-refractivity contribution in [3.8, 4) is 0 Å². The van der Waals surface area contributed by atoms with E-state index in [4.69, 9.17) is 4.74 Å². The Morgan fingerprint density at radius 2 is 1.83 bits per heavy atom. The molecule has 0 radical (unpaired) electrons. The van der Waals surface area contributed by atoms with E-state index in [0.29, 0.717) is 12.8 Å². The third-order valence-electron chi connectivity index (χ3n) is 2.42. The smallest absolute Gasteiger partial charge is 0.374 e. The third kappa shape index (κ3) is 3.19. The van der Waals surface area contributed by atoms with Crippen LogP contribution in [0.15, 0.2) is 23.2 Å². The number of carbonyl (C=O) groups excluding carboxylic acids is 3. The van der Waals surface area contributed by atoms with Gasteiger partial charge in [0.2, 0.25) is 5.76 Å². The van der Waals surface area contributed by atoms with Gasteiger partial charge in [0, 0.05) is 6.42 Å². The Morgan fingerprint density at radius 3 is 2.28 bits per heavy atom. The molecule has 0 aromatic rings. The Bertz CT molecular complexity index is 443. The van der Waals surface area contributed by atoms with Gasteiger partial charge in [-0.25, -0.2) is 9.59 Å². The zero-order valence-electron chi connectivity index (χ0n) is 10.4. The maximum atomic E-state index is 11.5. The van der Waals surface area contributed by atoms with Gasteiger partial charge < -0.3 is 14.2 Å². The molecule has 0 amide bonds. The average molecular weight is 254 g/mol. The quantitative estimate of drug-likeness (QED) is 0.421. The van der Waals surface area contributed by atoms with Crippen LogP contribution in [0.5, 0.6) is 0 Å². The number of rotatable bonds is 4. The van der Waals surface area contributed by atoms with E-state index in [1.807, 2.05) is 0 Å². The molecule has 1 rings (SSSR count). The number of allylic oxidation sites excluding steroid dienone is 2. The van der Waals surface area contributed by atoms with Crippen LogP contribution in [0.1, 0.15) is 19.8 Å². The summed E-state index contributed by atoms with van der Waals surface area (Å²) in [5.74, 6) is -2.09. The monoisotopic (exact) mass is 254 g/mol. The van der Waals surface area contributed by atoms with Gasteiger partial charge in [0.15, 0.2) is 11.5 Å². The minimum Gasteiger partial charge on any atom is -0.466 e. The maximum absolute atomic E-state index is 11.5. The number of esters is 2. The molecule has 6 nitrogen and oxygen atoms in total. The van der Waals surface area contributed by atoms with Crippen LogP contribution in [-0.2, 0) is 28.6 Å². The molecule has 1 aliphatic carbocycles. The molecule has 0 aromatic carbocycles. The number of carbonyl (C=O) groups is 3. The first-order valence-corrected chi connectivity index (χ1v) is 5.28. The lowest BCUT2D eigenvalue weighted by Gasteiger charge is -2.08. The molecule has 0 spiro atoms. The lowest BCUT2D eigenvalue weighted by molar-refractivity contribution is -0.141. The molecular formula is C12H14O6. The summed E-state index contributed by atoms with van der Waals surface area (Å²) in [4.78, 5) is 34.0. The van der Waals surface area contributed by atoms with Crippen LogP contribution in [0.2, 0.25) is 0 Å². The van der Waals surface area contributed by atoms with Crippen molar-refractivity contribution in [2.24, 2.45) is 0 Å². The van der Waals surface area contributed by atoms with Gasteiger partial charge in [-0.15, -0.1) is 0 Å². The second kappa shape index (κ2) is 6.00. The molecule has 98 valence electrons. The number of ketones is 1. The molecule has 0 saturated carbocycles. The molecule has 0 bridgehead atoms.